The number of nitrogens with zero attached hydrogens (tertiary/aromatic N) is 1. The lowest BCUT2D eigenvalue weighted by Crippen LogP contribution is -2.71. The van der Waals surface area contributed by atoms with Gasteiger partial charge >= 0.3 is 0 Å². The summed E-state index contributed by atoms with van der Waals surface area (Å²) >= 11 is 0. The zero-order valence-electron chi connectivity index (χ0n) is 13.2. The summed E-state index contributed by atoms with van der Waals surface area (Å²) in [5.41, 5.74) is -0.627. The van der Waals surface area contributed by atoms with Crippen LogP contribution in [0.15, 0.2) is 0 Å². The van der Waals surface area contributed by atoms with Gasteiger partial charge in [-0.3, -0.25) is 9.59 Å². The van der Waals surface area contributed by atoms with Gasteiger partial charge in [0.2, 0.25) is 11.8 Å². The third-order valence-corrected chi connectivity index (χ3v) is 5.26. The van der Waals surface area contributed by atoms with E-state index in [0.29, 0.717) is 18.8 Å². The maximum atomic E-state index is 12.8. The second kappa shape index (κ2) is 5.74. The molecule has 0 radical (unpaired) electrons. The summed E-state index contributed by atoms with van der Waals surface area (Å²) in [7, 11) is 0. The Morgan fingerprint density at radius 2 is 1.85 bits per heavy atom. The number of rotatable bonds is 5. The monoisotopic (exact) mass is 280 g/mol. The number of piperazine rings is 1. The van der Waals surface area contributed by atoms with Crippen molar-refractivity contribution in [1.82, 2.24) is 10.2 Å². The van der Waals surface area contributed by atoms with E-state index >= 15 is 0 Å². The number of hydrogen-bond acceptors (Lipinski definition) is 2. The van der Waals surface area contributed by atoms with Crippen molar-refractivity contribution in [3.8, 4) is 0 Å². The van der Waals surface area contributed by atoms with Crippen molar-refractivity contribution in [2.45, 2.75) is 71.4 Å². The van der Waals surface area contributed by atoms with Crippen LogP contribution in [0.3, 0.4) is 0 Å². The maximum Gasteiger partial charge on any atom is 0.246 e. The zero-order valence-corrected chi connectivity index (χ0v) is 13.2. The van der Waals surface area contributed by atoms with Crippen LogP contribution in [0.2, 0.25) is 0 Å². The molecule has 0 aromatic heterocycles. The molecule has 1 saturated heterocycles. The highest BCUT2D eigenvalue weighted by molar-refractivity contribution is 5.99. The number of amides is 2. The van der Waals surface area contributed by atoms with E-state index in [1.54, 1.807) is 0 Å². The molecule has 1 aliphatic carbocycles. The van der Waals surface area contributed by atoms with Gasteiger partial charge in [-0.15, -0.1) is 0 Å². The topological polar surface area (TPSA) is 49.4 Å². The molecule has 1 saturated carbocycles. The minimum Gasteiger partial charge on any atom is -0.342 e. The molecule has 2 rings (SSSR count). The second-order valence-electron chi connectivity index (χ2n) is 6.68. The summed E-state index contributed by atoms with van der Waals surface area (Å²) in [6.07, 6.45) is 5.04. The molecule has 2 fully saturated rings. The Bertz CT molecular complexity index is 384. The zero-order chi connectivity index (χ0) is 14.9. The van der Waals surface area contributed by atoms with Gasteiger partial charge in [-0.2, -0.15) is 0 Å². The molecule has 1 atom stereocenters. The molecule has 114 valence electrons. The van der Waals surface area contributed by atoms with Gasteiger partial charge < -0.3 is 10.2 Å². The molecular weight excluding hydrogens is 252 g/mol. The third kappa shape index (κ3) is 2.33. The predicted octanol–water partition coefficient (Wildman–Crippen LogP) is 2.33. The van der Waals surface area contributed by atoms with Gasteiger partial charge in [-0.1, -0.05) is 34.1 Å². The minimum atomic E-state index is -0.627. The van der Waals surface area contributed by atoms with Crippen molar-refractivity contribution >= 4 is 11.8 Å². The molecular formula is C16H28N2O2. The summed E-state index contributed by atoms with van der Waals surface area (Å²) in [5, 5.41) is 2.97. The highest BCUT2D eigenvalue weighted by Gasteiger charge is 2.51. The second-order valence-corrected chi connectivity index (χ2v) is 6.68. The summed E-state index contributed by atoms with van der Waals surface area (Å²) in [4.78, 5) is 27.4. The van der Waals surface area contributed by atoms with E-state index in [2.05, 4.69) is 5.32 Å². The molecule has 4 heteroatoms. The van der Waals surface area contributed by atoms with Crippen molar-refractivity contribution < 1.29 is 9.59 Å². The van der Waals surface area contributed by atoms with E-state index in [1.807, 2.05) is 32.6 Å². The summed E-state index contributed by atoms with van der Waals surface area (Å²) in [6, 6.07) is -0.353. The van der Waals surface area contributed by atoms with Gasteiger partial charge in [0.1, 0.15) is 11.6 Å². The van der Waals surface area contributed by atoms with Gasteiger partial charge in [0.15, 0.2) is 0 Å². The first-order chi connectivity index (χ1) is 9.46. The normalized spacial score (nSPS) is 26.6. The molecule has 1 aliphatic heterocycles. The number of hydrogen-bond donors (Lipinski definition) is 1. The molecule has 0 aromatic rings. The van der Waals surface area contributed by atoms with Gasteiger partial charge in [-0.25, -0.2) is 0 Å². The lowest BCUT2D eigenvalue weighted by Gasteiger charge is -2.50. The third-order valence-electron chi connectivity index (χ3n) is 5.26. The van der Waals surface area contributed by atoms with Gasteiger partial charge in [-0.05, 0) is 37.5 Å². The predicted molar refractivity (Wildman–Crippen MR) is 79.1 cm³/mol. The van der Waals surface area contributed by atoms with Crippen LogP contribution in [0.25, 0.3) is 0 Å². The fourth-order valence-corrected chi connectivity index (χ4v) is 3.44. The summed E-state index contributed by atoms with van der Waals surface area (Å²) in [5.74, 6) is 0.896. The van der Waals surface area contributed by atoms with Gasteiger partial charge in [0.25, 0.3) is 0 Å². The molecule has 20 heavy (non-hydrogen) atoms. The Hall–Kier alpha value is -1.06. The van der Waals surface area contributed by atoms with E-state index in [1.165, 1.54) is 19.3 Å². The Labute approximate surface area is 122 Å². The lowest BCUT2D eigenvalue weighted by molar-refractivity contribution is -0.161. The number of carbonyl (C=O) groups excluding carboxylic acids is 2. The standard InChI is InChI=1S/C16H28N2O2/c1-5-16(6-2)15(20)17-13(11(3)4)14(19)18(16)10-12-8-7-9-12/h11-13H,5-10H2,1-4H3,(H,17,20). The highest BCUT2D eigenvalue weighted by atomic mass is 16.2. The molecule has 0 bridgehead atoms. The van der Waals surface area contributed by atoms with Crippen molar-refractivity contribution in [2.75, 3.05) is 6.54 Å². The molecule has 1 unspecified atom stereocenters. The van der Waals surface area contributed by atoms with E-state index in [9.17, 15) is 9.59 Å². The fraction of sp³-hybridized carbons (Fsp3) is 0.875. The van der Waals surface area contributed by atoms with Crippen LogP contribution in [0.1, 0.15) is 59.8 Å². The van der Waals surface area contributed by atoms with Gasteiger partial charge in [0, 0.05) is 6.54 Å². The number of carbonyl (C=O) groups is 2. The van der Waals surface area contributed by atoms with E-state index < -0.39 is 5.54 Å². The Balaban J connectivity index is 2.29. The quantitative estimate of drug-likeness (QED) is 0.840. The number of nitrogens with one attached hydrogen (secondary N) is 1. The average molecular weight is 280 g/mol. The van der Waals surface area contributed by atoms with Crippen LogP contribution in [0, 0.1) is 11.8 Å². The molecule has 4 nitrogen and oxygen atoms in total. The van der Waals surface area contributed by atoms with Crippen LogP contribution in [-0.2, 0) is 9.59 Å². The first-order valence-electron chi connectivity index (χ1n) is 8.08. The van der Waals surface area contributed by atoms with E-state index in [-0.39, 0.29) is 23.8 Å². The fourth-order valence-electron chi connectivity index (χ4n) is 3.44. The van der Waals surface area contributed by atoms with Gasteiger partial charge in [0.05, 0.1) is 0 Å². The first-order valence-corrected chi connectivity index (χ1v) is 8.08. The van der Waals surface area contributed by atoms with Crippen LogP contribution < -0.4 is 5.32 Å². The Morgan fingerprint density at radius 3 is 2.25 bits per heavy atom. The molecule has 0 aromatic carbocycles. The molecule has 1 heterocycles. The SMILES string of the molecule is CCC1(CC)C(=O)NC(C(C)C)C(=O)N1CC1CCC1. The molecule has 1 N–H and O–H groups in total. The first kappa shape index (κ1) is 15.3. The van der Waals surface area contributed by atoms with Crippen molar-refractivity contribution in [2.24, 2.45) is 11.8 Å². The molecule has 2 aliphatic rings. The van der Waals surface area contributed by atoms with E-state index in [0.717, 1.165) is 6.54 Å². The van der Waals surface area contributed by atoms with E-state index in [4.69, 9.17) is 0 Å². The summed E-state index contributed by atoms with van der Waals surface area (Å²) < 4.78 is 0. The largest absolute Gasteiger partial charge is 0.342 e. The lowest BCUT2D eigenvalue weighted by atomic mass is 9.79. The Morgan fingerprint density at radius 1 is 1.25 bits per heavy atom. The van der Waals surface area contributed by atoms with Crippen LogP contribution in [-0.4, -0.2) is 34.8 Å². The molecule has 0 spiro atoms. The average Bonchev–Trinajstić information content (AvgIpc) is 2.37. The van der Waals surface area contributed by atoms with Crippen molar-refractivity contribution in [3.05, 3.63) is 0 Å². The van der Waals surface area contributed by atoms with Crippen LogP contribution in [0.4, 0.5) is 0 Å². The minimum absolute atomic E-state index is 0.0418. The van der Waals surface area contributed by atoms with Crippen LogP contribution in [0.5, 0.6) is 0 Å². The maximum absolute atomic E-state index is 12.8. The highest BCUT2D eigenvalue weighted by Crippen LogP contribution is 2.35. The smallest absolute Gasteiger partial charge is 0.246 e. The van der Waals surface area contributed by atoms with Crippen molar-refractivity contribution in [1.29, 1.82) is 0 Å². The molecule has 2 amide bonds. The summed E-state index contributed by atoms with van der Waals surface area (Å²) in [6.45, 7) is 8.78. The Kier molecular flexibility index (Phi) is 4.40. The van der Waals surface area contributed by atoms with Crippen molar-refractivity contribution in [3.63, 3.8) is 0 Å². The van der Waals surface area contributed by atoms with Crippen LogP contribution >= 0.6 is 0 Å².